The molecule has 14 heavy (non-hydrogen) atoms. The molecular formula is C10H11Cl2NO. The summed E-state index contributed by atoms with van der Waals surface area (Å²) in [6, 6.07) is 1.83. The van der Waals surface area contributed by atoms with Crippen molar-refractivity contribution >= 4 is 23.2 Å². The van der Waals surface area contributed by atoms with Crippen molar-refractivity contribution in [2.24, 2.45) is 5.41 Å². The molecule has 0 spiro atoms. The summed E-state index contributed by atoms with van der Waals surface area (Å²) in [5, 5.41) is 9.98. The number of aromatic nitrogens is 1. The molecule has 76 valence electrons. The highest BCUT2D eigenvalue weighted by Crippen LogP contribution is 2.47. The Kier molecular flexibility index (Phi) is 2.69. The minimum Gasteiger partial charge on any atom is -0.396 e. The lowest BCUT2D eigenvalue weighted by Gasteiger charge is -2.11. The zero-order chi connectivity index (χ0) is 10.2. The van der Waals surface area contributed by atoms with E-state index in [0.29, 0.717) is 10.2 Å². The van der Waals surface area contributed by atoms with Gasteiger partial charge >= 0.3 is 0 Å². The molecule has 1 saturated carbocycles. The van der Waals surface area contributed by atoms with Crippen LogP contribution in [-0.4, -0.2) is 16.7 Å². The number of halogens is 2. The first-order valence-electron chi connectivity index (χ1n) is 4.56. The molecule has 1 aromatic heterocycles. The molecular weight excluding hydrogens is 221 g/mol. The Labute approximate surface area is 92.9 Å². The molecule has 2 nitrogen and oxygen atoms in total. The summed E-state index contributed by atoms with van der Waals surface area (Å²) in [5.74, 6) is 0. The summed E-state index contributed by atoms with van der Waals surface area (Å²) in [6.45, 7) is 0.243. The third-order valence-electron chi connectivity index (χ3n) is 2.72. The largest absolute Gasteiger partial charge is 0.396 e. The smallest absolute Gasteiger partial charge is 0.147 e. The molecule has 1 N–H and O–H groups in total. The molecule has 0 saturated heterocycles. The Hall–Kier alpha value is -0.310. The molecule has 0 atom stereocenters. The predicted octanol–water partition coefficient (Wildman–Crippen LogP) is 2.70. The van der Waals surface area contributed by atoms with Crippen LogP contribution in [0.1, 0.15) is 18.4 Å². The summed E-state index contributed by atoms with van der Waals surface area (Å²) in [6.07, 6.45) is 4.74. The van der Waals surface area contributed by atoms with E-state index in [2.05, 4.69) is 4.98 Å². The Morgan fingerprint density at radius 1 is 1.43 bits per heavy atom. The van der Waals surface area contributed by atoms with Crippen LogP contribution >= 0.6 is 23.2 Å². The maximum absolute atomic E-state index is 9.16. The monoisotopic (exact) mass is 231 g/mol. The zero-order valence-electron chi connectivity index (χ0n) is 7.63. The quantitative estimate of drug-likeness (QED) is 0.812. The average Bonchev–Trinajstić information content (AvgIpc) is 2.93. The molecule has 0 radical (unpaired) electrons. The lowest BCUT2D eigenvalue weighted by atomic mass is 9.99. The summed E-state index contributed by atoms with van der Waals surface area (Å²) >= 11 is 11.6. The van der Waals surface area contributed by atoms with E-state index in [9.17, 15) is 0 Å². The molecule has 0 bridgehead atoms. The van der Waals surface area contributed by atoms with E-state index >= 15 is 0 Å². The van der Waals surface area contributed by atoms with Gasteiger partial charge in [0.15, 0.2) is 0 Å². The number of aliphatic hydroxyl groups is 1. The van der Waals surface area contributed by atoms with E-state index in [-0.39, 0.29) is 12.0 Å². The fourth-order valence-electron chi connectivity index (χ4n) is 1.56. The van der Waals surface area contributed by atoms with Crippen LogP contribution < -0.4 is 0 Å². The van der Waals surface area contributed by atoms with E-state index in [1.807, 2.05) is 6.07 Å². The van der Waals surface area contributed by atoms with E-state index in [0.717, 1.165) is 24.8 Å². The molecule has 1 aliphatic rings. The normalized spacial score (nSPS) is 18.2. The molecule has 0 aliphatic heterocycles. The van der Waals surface area contributed by atoms with Crippen molar-refractivity contribution in [1.82, 2.24) is 4.98 Å². The van der Waals surface area contributed by atoms with Crippen LogP contribution in [0.4, 0.5) is 0 Å². The molecule has 1 aromatic rings. The summed E-state index contributed by atoms with van der Waals surface area (Å²) in [5.41, 5.74) is 1.14. The maximum atomic E-state index is 9.16. The second-order valence-electron chi connectivity index (χ2n) is 3.95. The van der Waals surface area contributed by atoms with Crippen molar-refractivity contribution in [3.63, 3.8) is 0 Å². The Bertz CT molecular complexity index is 350. The van der Waals surface area contributed by atoms with Crippen molar-refractivity contribution in [3.05, 3.63) is 28.0 Å². The molecule has 2 rings (SSSR count). The van der Waals surface area contributed by atoms with E-state index in [4.69, 9.17) is 28.3 Å². The van der Waals surface area contributed by atoms with Crippen LogP contribution in [0.15, 0.2) is 12.3 Å². The second kappa shape index (κ2) is 3.69. The molecule has 4 heteroatoms. The number of aliphatic hydroxyl groups excluding tert-OH is 1. The number of rotatable bonds is 3. The van der Waals surface area contributed by atoms with Crippen LogP contribution in [0.3, 0.4) is 0 Å². The Balaban J connectivity index is 2.14. The topological polar surface area (TPSA) is 33.1 Å². The minimum atomic E-state index is 0.0961. The van der Waals surface area contributed by atoms with Gasteiger partial charge < -0.3 is 5.11 Å². The van der Waals surface area contributed by atoms with Gasteiger partial charge in [0.1, 0.15) is 5.15 Å². The number of hydrogen-bond donors (Lipinski definition) is 1. The standard InChI is InChI=1S/C10H11Cl2NO/c11-8-3-7(5-13-9(8)12)4-10(6-14)1-2-10/h3,5,14H,1-2,4,6H2. The predicted molar refractivity (Wildman–Crippen MR) is 56.7 cm³/mol. The first-order chi connectivity index (χ1) is 6.65. The van der Waals surface area contributed by atoms with Crippen molar-refractivity contribution in [3.8, 4) is 0 Å². The molecule has 0 amide bonds. The van der Waals surface area contributed by atoms with E-state index in [1.165, 1.54) is 0 Å². The van der Waals surface area contributed by atoms with Gasteiger partial charge in [-0.05, 0) is 36.3 Å². The number of pyridine rings is 1. The lowest BCUT2D eigenvalue weighted by Crippen LogP contribution is -2.10. The van der Waals surface area contributed by atoms with Gasteiger partial charge in [-0.2, -0.15) is 0 Å². The third-order valence-corrected chi connectivity index (χ3v) is 3.41. The summed E-state index contributed by atoms with van der Waals surface area (Å²) in [4.78, 5) is 3.98. The van der Waals surface area contributed by atoms with Gasteiger partial charge in [0, 0.05) is 12.8 Å². The lowest BCUT2D eigenvalue weighted by molar-refractivity contribution is 0.211. The van der Waals surface area contributed by atoms with Gasteiger partial charge in [-0.25, -0.2) is 4.98 Å². The van der Waals surface area contributed by atoms with Gasteiger partial charge in [0.05, 0.1) is 5.02 Å². The molecule has 1 heterocycles. The zero-order valence-corrected chi connectivity index (χ0v) is 9.15. The second-order valence-corrected chi connectivity index (χ2v) is 4.72. The van der Waals surface area contributed by atoms with Crippen molar-refractivity contribution in [2.75, 3.05) is 6.61 Å². The summed E-state index contributed by atoms with van der Waals surface area (Å²) < 4.78 is 0. The van der Waals surface area contributed by atoms with Crippen molar-refractivity contribution in [1.29, 1.82) is 0 Å². The molecule has 1 fully saturated rings. The van der Waals surface area contributed by atoms with E-state index in [1.54, 1.807) is 6.20 Å². The highest BCUT2D eigenvalue weighted by molar-refractivity contribution is 6.41. The van der Waals surface area contributed by atoms with Gasteiger partial charge in [-0.3, -0.25) is 0 Å². The van der Waals surface area contributed by atoms with Gasteiger partial charge in [-0.1, -0.05) is 23.2 Å². The summed E-state index contributed by atoms with van der Waals surface area (Å²) in [7, 11) is 0. The molecule has 1 aliphatic carbocycles. The number of nitrogens with zero attached hydrogens (tertiary/aromatic N) is 1. The first kappa shape index (κ1) is 10.2. The first-order valence-corrected chi connectivity index (χ1v) is 5.32. The highest BCUT2D eigenvalue weighted by atomic mass is 35.5. The van der Waals surface area contributed by atoms with Gasteiger partial charge in [-0.15, -0.1) is 0 Å². The Morgan fingerprint density at radius 3 is 2.64 bits per heavy atom. The fraction of sp³-hybridized carbons (Fsp3) is 0.500. The van der Waals surface area contributed by atoms with Crippen LogP contribution in [0.25, 0.3) is 0 Å². The maximum Gasteiger partial charge on any atom is 0.147 e. The number of hydrogen-bond acceptors (Lipinski definition) is 2. The van der Waals surface area contributed by atoms with Crippen LogP contribution in [0.5, 0.6) is 0 Å². The van der Waals surface area contributed by atoms with E-state index < -0.39 is 0 Å². The van der Waals surface area contributed by atoms with Gasteiger partial charge in [0.2, 0.25) is 0 Å². The van der Waals surface area contributed by atoms with Crippen molar-refractivity contribution in [2.45, 2.75) is 19.3 Å². The van der Waals surface area contributed by atoms with Crippen molar-refractivity contribution < 1.29 is 5.11 Å². The molecule has 0 unspecified atom stereocenters. The minimum absolute atomic E-state index is 0.0961. The van der Waals surface area contributed by atoms with Crippen LogP contribution in [-0.2, 0) is 6.42 Å². The third kappa shape index (κ3) is 2.02. The SMILES string of the molecule is OCC1(Cc2cnc(Cl)c(Cl)c2)CC1. The highest BCUT2D eigenvalue weighted by Gasteiger charge is 2.41. The van der Waals surface area contributed by atoms with Crippen LogP contribution in [0, 0.1) is 5.41 Å². The van der Waals surface area contributed by atoms with Gasteiger partial charge in [0.25, 0.3) is 0 Å². The fourth-order valence-corrected chi connectivity index (χ4v) is 1.85. The average molecular weight is 232 g/mol. The van der Waals surface area contributed by atoms with Crippen LogP contribution in [0.2, 0.25) is 10.2 Å². The Morgan fingerprint density at radius 2 is 2.14 bits per heavy atom. The molecule has 0 aromatic carbocycles.